The van der Waals surface area contributed by atoms with Gasteiger partial charge in [-0.15, -0.1) is 0 Å². The molecule has 0 aromatic rings. The lowest BCUT2D eigenvalue weighted by molar-refractivity contribution is 0.0688. The predicted molar refractivity (Wildman–Crippen MR) is 66.4 cm³/mol. The van der Waals surface area contributed by atoms with Crippen LogP contribution in [0.1, 0.15) is 26.7 Å². The van der Waals surface area contributed by atoms with Crippen LogP contribution in [0.25, 0.3) is 0 Å². The third-order valence-electron chi connectivity index (χ3n) is 3.56. The van der Waals surface area contributed by atoms with Crippen LogP contribution in [0.4, 0.5) is 8.78 Å². The van der Waals surface area contributed by atoms with Gasteiger partial charge in [0.05, 0.1) is 6.54 Å². The van der Waals surface area contributed by atoms with Crippen molar-refractivity contribution in [3.63, 3.8) is 0 Å². The number of likely N-dealkylation sites (tertiary alicyclic amines) is 1. The van der Waals surface area contributed by atoms with Gasteiger partial charge in [-0.25, -0.2) is 8.78 Å². The first-order valence-electron chi connectivity index (χ1n) is 6.32. The van der Waals surface area contributed by atoms with Crippen molar-refractivity contribution in [1.82, 2.24) is 9.80 Å². The number of alkyl halides is 2. The van der Waals surface area contributed by atoms with Gasteiger partial charge >= 0.3 is 0 Å². The minimum atomic E-state index is -2.28. The summed E-state index contributed by atoms with van der Waals surface area (Å²) in [6.45, 7) is 6.66. The third-order valence-corrected chi connectivity index (χ3v) is 3.56. The molecule has 0 radical (unpaired) electrons. The zero-order valence-electron chi connectivity index (χ0n) is 11.1. The Hall–Kier alpha value is -0.260. The summed E-state index contributed by atoms with van der Waals surface area (Å²) in [5.41, 5.74) is 5.99. The molecule has 1 saturated heterocycles. The van der Waals surface area contributed by atoms with Crippen LogP contribution >= 0.6 is 0 Å². The summed E-state index contributed by atoms with van der Waals surface area (Å²) >= 11 is 0. The molecule has 17 heavy (non-hydrogen) atoms. The SMILES string of the molecule is CC(C)N1CCC(N)(CN(C)CC(F)F)CC1. The fraction of sp³-hybridized carbons (Fsp3) is 1.00. The first-order valence-corrected chi connectivity index (χ1v) is 6.32. The third kappa shape index (κ3) is 4.85. The van der Waals surface area contributed by atoms with E-state index in [4.69, 9.17) is 5.73 Å². The van der Waals surface area contributed by atoms with Gasteiger partial charge in [0.1, 0.15) is 0 Å². The van der Waals surface area contributed by atoms with Gasteiger partial charge < -0.3 is 10.6 Å². The van der Waals surface area contributed by atoms with Gasteiger partial charge in [0.15, 0.2) is 0 Å². The first-order chi connectivity index (χ1) is 7.82. The number of nitrogens with two attached hydrogens (primary N) is 1. The summed E-state index contributed by atoms with van der Waals surface area (Å²) < 4.78 is 24.5. The van der Waals surface area contributed by atoms with Crippen LogP contribution in [0.5, 0.6) is 0 Å². The van der Waals surface area contributed by atoms with Gasteiger partial charge in [0.2, 0.25) is 0 Å². The lowest BCUT2D eigenvalue weighted by atomic mass is 9.87. The summed E-state index contributed by atoms with van der Waals surface area (Å²) in [7, 11) is 1.72. The van der Waals surface area contributed by atoms with E-state index in [1.807, 2.05) is 0 Å². The van der Waals surface area contributed by atoms with Crippen LogP contribution < -0.4 is 5.73 Å². The second-order valence-corrected chi connectivity index (χ2v) is 5.58. The molecule has 1 heterocycles. The molecule has 0 unspecified atom stereocenters. The molecule has 0 spiro atoms. The molecule has 1 rings (SSSR count). The van der Waals surface area contributed by atoms with Crippen LogP contribution in [0.15, 0.2) is 0 Å². The Balaban J connectivity index is 2.39. The highest BCUT2D eigenvalue weighted by molar-refractivity contribution is 4.93. The molecule has 2 N–H and O–H groups in total. The standard InChI is InChI=1S/C12H25F2N3/c1-10(2)17-6-4-12(15,5-7-17)9-16(3)8-11(13)14/h10-11H,4-9,15H2,1-3H3. The fourth-order valence-corrected chi connectivity index (χ4v) is 2.48. The Morgan fingerprint density at radius 1 is 1.29 bits per heavy atom. The van der Waals surface area contributed by atoms with Crippen molar-refractivity contribution in [1.29, 1.82) is 0 Å². The van der Waals surface area contributed by atoms with Crippen LogP contribution in [0, 0.1) is 0 Å². The van der Waals surface area contributed by atoms with Gasteiger partial charge in [0.25, 0.3) is 6.43 Å². The molecule has 0 saturated carbocycles. The lowest BCUT2D eigenvalue weighted by Crippen LogP contribution is -2.57. The van der Waals surface area contributed by atoms with E-state index in [2.05, 4.69) is 18.7 Å². The van der Waals surface area contributed by atoms with Crippen LogP contribution in [-0.2, 0) is 0 Å². The van der Waals surface area contributed by atoms with Gasteiger partial charge in [-0.2, -0.15) is 0 Å². The molecule has 0 bridgehead atoms. The van der Waals surface area contributed by atoms with Gasteiger partial charge in [-0.3, -0.25) is 4.90 Å². The van der Waals surface area contributed by atoms with Crippen LogP contribution in [0.3, 0.4) is 0 Å². The van der Waals surface area contributed by atoms with E-state index in [1.165, 1.54) is 0 Å². The summed E-state index contributed by atoms with van der Waals surface area (Å²) in [6.07, 6.45) is -0.503. The van der Waals surface area contributed by atoms with Crippen molar-refractivity contribution < 1.29 is 8.78 Å². The maximum absolute atomic E-state index is 12.2. The second kappa shape index (κ2) is 6.07. The quantitative estimate of drug-likeness (QED) is 0.799. The van der Waals surface area contributed by atoms with Crippen molar-refractivity contribution in [3.8, 4) is 0 Å². The molecule has 1 aliphatic rings. The van der Waals surface area contributed by atoms with E-state index in [0.29, 0.717) is 12.6 Å². The maximum Gasteiger partial charge on any atom is 0.251 e. The van der Waals surface area contributed by atoms with Crippen molar-refractivity contribution >= 4 is 0 Å². The van der Waals surface area contributed by atoms with Crippen molar-refractivity contribution in [3.05, 3.63) is 0 Å². The largest absolute Gasteiger partial charge is 0.324 e. The normalized spacial score (nSPS) is 21.7. The molecule has 102 valence electrons. The molecule has 0 aliphatic carbocycles. The summed E-state index contributed by atoms with van der Waals surface area (Å²) in [5, 5.41) is 0. The number of hydrogen-bond acceptors (Lipinski definition) is 3. The molecule has 0 amide bonds. The van der Waals surface area contributed by atoms with E-state index in [0.717, 1.165) is 25.9 Å². The number of likely N-dealkylation sites (N-methyl/N-ethyl adjacent to an activating group) is 1. The van der Waals surface area contributed by atoms with E-state index in [-0.39, 0.29) is 12.1 Å². The molecular weight excluding hydrogens is 224 g/mol. The second-order valence-electron chi connectivity index (χ2n) is 5.58. The lowest BCUT2D eigenvalue weighted by Gasteiger charge is -2.42. The Bertz CT molecular complexity index is 226. The average molecular weight is 249 g/mol. The minimum Gasteiger partial charge on any atom is -0.324 e. The predicted octanol–water partition coefficient (Wildman–Crippen LogP) is 1.39. The molecule has 1 aliphatic heterocycles. The van der Waals surface area contributed by atoms with Crippen LogP contribution in [-0.4, -0.2) is 61.0 Å². The van der Waals surface area contributed by atoms with E-state index < -0.39 is 6.43 Å². The molecule has 1 fully saturated rings. The summed E-state index contributed by atoms with van der Waals surface area (Å²) in [5.74, 6) is 0. The van der Waals surface area contributed by atoms with Gasteiger partial charge in [-0.05, 0) is 33.7 Å². The molecular formula is C12H25F2N3. The van der Waals surface area contributed by atoms with E-state index in [9.17, 15) is 8.78 Å². The smallest absolute Gasteiger partial charge is 0.251 e. The van der Waals surface area contributed by atoms with Crippen LogP contribution in [0.2, 0.25) is 0 Å². The Morgan fingerprint density at radius 3 is 2.24 bits per heavy atom. The molecule has 5 heteroatoms. The average Bonchev–Trinajstić information content (AvgIpc) is 2.15. The highest BCUT2D eigenvalue weighted by atomic mass is 19.3. The van der Waals surface area contributed by atoms with Crippen molar-refractivity contribution in [2.45, 2.75) is 44.7 Å². The van der Waals surface area contributed by atoms with E-state index in [1.54, 1.807) is 11.9 Å². The molecule has 0 aromatic carbocycles. The summed E-state index contributed by atoms with van der Waals surface area (Å²) in [6, 6.07) is 0.540. The minimum absolute atomic E-state index is 0.188. The molecule has 0 aromatic heterocycles. The Labute approximate surface area is 103 Å². The number of piperidine rings is 1. The summed E-state index contributed by atoms with van der Waals surface area (Å²) in [4.78, 5) is 4.04. The Morgan fingerprint density at radius 2 is 1.82 bits per heavy atom. The number of halogens is 2. The zero-order chi connectivity index (χ0) is 13.1. The number of hydrogen-bond donors (Lipinski definition) is 1. The monoisotopic (exact) mass is 249 g/mol. The first kappa shape index (κ1) is 14.8. The van der Waals surface area contributed by atoms with E-state index >= 15 is 0 Å². The van der Waals surface area contributed by atoms with Gasteiger partial charge in [0, 0.05) is 31.2 Å². The Kier molecular flexibility index (Phi) is 5.28. The van der Waals surface area contributed by atoms with Gasteiger partial charge in [-0.1, -0.05) is 0 Å². The van der Waals surface area contributed by atoms with Crippen molar-refractivity contribution in [2.75, 3.05) is 33.2 Å². The molecule has 0 atom stereocenters. The highest BCUT2D eigenvalue weighted by Crippen LogP contribution is 2.22. The molecule has 3 nitrogen and oxygen atoms in total. The number of rotatable bonds is 5. The fourth-order valence-electron chi connectivity index (χ4n) is 2.48. The van der Waals surface area contributed by atoms with Crippen molar-refractivity contribution in [2.24, 2.45) is 5.73 Å². The maximum atomic E-state index is 12.2. The topological polar surface area (TPSA) is 32.5 Å². The zero-order valence-corrected chi connectivity index (χ0v) is 11.1. The highest BCUT2D eigenvalue weighted by Gasteiger charge is 2.32. The number of nitrogens with zero attached hydrogens (tertiary/aromatic N) is 2.